The maximum absolute atomic E-state index is 12.2. The SMILES string of the molecule is Cc1cc(Br)ccc1NC(=O)CNc1cc2nc[nH]c(=O)c2cc1[N+](=O)[O-]. The molecule has 138 valence electrons. The van der Waals surface area contributed by atoms with Gasteiger partial charge in [-0.05, 0) is 36.8 Å². The van der Waals surface area contributed by atoms with Gasteiger partial charge in [0.25, 0.3) is 11.2 Å². The summed E-state index contributed by atoms with van der Waals surface area (Å²) in [5.74, 6) is -0.367. The van der Waals surface area contributed by atoms with Crippen LogP contribution < -0.4 is 16.2 Å². The molecule has 2 aromatic carbocycles. The molecular formula is C17H14BrN5O4. The van der Waals surface area contributed by atoms with Crippen molar-refractivity contribution in [2.45, 2.75) is 6.92 Å². The highest BCUT2D eigenvalue weighted by atomic mass is 79.9. The summed E-state index contributed by atoms with van der Waals surface area (Å²) in [5.41, 5.74) is 1.13. The van der Waals surface area contributed by atoms with Crippen molar-refractivity contribution in [2.75, 3.05) is 17.2 Å². The van der Waals surface area contributed by atoms with E-state index < -0.39 is 10.5 Å². The van der Waals surface area contributed by atoms with Crippen LogP contribution in [0.1, 0.15) is 5.56 Å². The quantitative estimate of drug-likeness (QED) is 0.420. The van der Waals surface area contributed by atoms with E-state index in [1.807, 2.05) is 13.0 Å². The summed E-state index contributed by atoms with van der Waals surface area (Å²) < 4.78 is 0.894. The summed E-state index contributed by atoms with van der Waals surface area (Å²) >= 11 is 3.35. The third kappa shape index (κ3) is 4.11. The smallest absolute Gasteiger partial charge is 0.293 e. The Morgan fingerprint density at radius 1 is 1.30 bits per heavy atom. The molecule has 1 amide bonds. The molecule has 1 aromatic heterocycles. The molecule has 27 heavy (non-hydrogen) atoms. The minimum atomic E-state index is -0.620. The second-order valence-electron chi connectivity index (χ2n) is 5.74. The molecule has 3 N–H and O–H groups in total. The number of aromatic amines is 1. The molecule has 0 spiro atoms. The number of nitrogens with one attached hydrogen (secondary N) is 3. The van der Waals surface area contributed by atoms with Crippen molar-refractivity contribution in [2.24, 2.45) is 0 Å². The number of carbonyl (C=O) groups excluding carboxylic acids is 1. The van der Waals surface area contributed by atoms with Crippen LogP contribution in [-0.4, -0.2) is 27.3 Å². The van der Waals surface area contributed by atoms with Crippen molar-refractivity contribution in [3.63, 3.8) is 0 Å². The molecule has 0 bridgehead atoms. The van der Waals surface area contributed by atoms with Gasteiger partial charge in [0, 0.05) is 16.2 Å². The first-order chi connectivity index (χ1) is 12.8. The Morgan fingerprint density at radius 2 is 2.07 bits per heavy atom. The normalized spacial score (nSPS) is 10.6. The zero-order valence-electron chi connectivity index (χ0n) is 14.1. The molecule has 0 fully saturated rings. The van der Waals surface area contributed by atoms with Crippen LogP contribution in [-0.2, 0) is 4.79 Å². The monoisotopic (exact) mass is 431 g/mol. The molecule has 0 unspecified atom stereocenters. The summed E-state index contributed by atoms with van der Waals surface area (Å²) in [4.78, 5) is 41.0. The second-order valence-corrected chi connectivity index (χ2v) is 6.65. The van der Waals surface area contributed by atoms with Crippen LogP contribution in [0.25, 0.3) is 10.9 Å². The first-order valence-electron chi connectivity index (χ1n) is 7.81. The fourth-order valence-electron chi connectivity index (χ4n) is 2.53. The highest BCUT2D eigenvalue weighted by Gasteiger charge is 2.18. The fourth-order valence-corrected chi connectivity index (χ4v) is 3.01. The number of benzene rings is 2. The number of hydrogen-bond donors (Lipinski definition) is 3. The molecule has 3 aromatic rings. The van der Waals surface area contributed by atoms with E-state index in [4.69, 9.17) is 0 Å². The molecular weight excluding hydrogens is 418 g/mol. The van der Waals surface area contributed by atoms with Gasteiger partial charge in [-0.25, -0.2) is 4.98 Å². The van der Waals surface area contributed by atoms with Gasteiger partial charge in [-0.2, -0.15) is 0 Å². The largest absolute Gasteiger partial charge is 0.370 e. The van der Waals surface area contributed by atoms with E-state index in [1.165, 1.54) is 12.4 Å². The molecule has 0 saturated heterocycles. The molecule has 0 aliphatic heterocycles. The summed E-state index contributed by atoms with van der Waals surface area (Å²) in [7, 11) is 0. The van der Waals surface area contributed by atoms with Gasteiger partial charge in [0.1, 0.15) is 5.69 Å². The van der Waals surface area contributed by atoms with E-state index in [-0.39, 0.29) is 34.7 Å². The Morgan fingerprint density at radius 3 is 2.78 bits per heavy atom. The number of rotatable bonds is 5. The van der Waals surface area contributed by atoms with Crippen LogP contribution in [0.3, 0.4) is 0 Å². The third-order valence-corrected chi connectivity index (χ3v) is 4.35. The number of amides is 1. The highest BCUT2D eigenvalue weighted by molar-refractivity contribution is 9.10. The standard InChI is InChI=1S/C17H14BrN5O4/c1-9-4-10(18)2-3-12(9)22-16(24)7-19-14-6-13-11(5-15(14)23(26)27)17(25)21-8-20-13/h2-6,8,19H,7H2,1H3,(H,22,24)(H,20,21,25). The lowest BCUT2D eigenvalue weighted by molar-refractivity contribution is -0.383. The zero-order valence-corrected chi connectivity index (χ0v) is 15.7. The molecule has 9 nitrogen and oxygen atoms in total. The second kappa shape index (κ2) is 7.54. The first kappa shape index (κ1) is 18.5. The number of nitro benzene ring substituents is 1. The van der Waals surface area contributed by atoms with Gasteiger partial charge in [0.05, 0.1) is 28.7 Å². The Balaban J connectivity index is 1.81. The van der Waals surface area contributed by atoms with Gasteiger partial charge in [-0.15, -0.1) is 0 Å². The van der Waals surface area contributed by atoms with E-state index in [0.29, 0.717) is 5.69 Å². The van der Waals surface area contributed by atoms with Crippen molar-refractivity contribution in [1.82, 2.24) is 9.97 Å². The maximum Gasteiger partial charge on any atom is 0.293 e. The molecule has 0 aliphatic carbocycles. The number of nitro groups is 1. The zero-order chi connectivity index (χ0) is 19.6. The van der Waals surface area contributed by atoms with Crippen LogP contribution in [0.4, 0.5) is 17.1 Å². The van der Waals surface area contributed by atoms with Crippen molar-refractivity contribution in [3.05, 3.63) is 67.2 Å². The predicted molar refractivity (Wildman–Crippen MR) is 105 cm³/mol. The molecule has 0 radical (unpaired) electrons. The topological polar surface area (TPSA) is 130 Å². The number of aromatic nitrogens is 2. The molecule has 0 atom stereocenters. The number of aryl methyl sites for hydroxylation is 1. The van der Waals surface area contributed by atoms with Gasteiger partial charge >= 0.3 is 0 Å². The van der Waals surface area contributed by atoms with Crippen LogP contribution in [0.5, 0.6) is 0 Å². The number of hydrogen-bond acceptors (Lipinski definition) is 6. The Labute approximate surface area is 161 Å². The van der Waals surface area contributed by atoms with Crippen LogP contribution in [0.2, 0.25) is 0 Å². The van der Waals surface area contributed by atoms with Crippen molar-refractivity contribution in [3.8, 4) is 0 Å². The van der Waals surface area contributed by atoms with Crippen molar-refractivity contribution < 1.29 is 9.72 Å². The summed E-state index contributed by atoms with van der Waals surface area (Å²) in [6.07, 6.45) is 1.21. The maximum atomic E-state index is 12.2. The van der Waals surface area contributed by atoms with Gasteiger partial charge in [-0.1, -0.05) is 15.9 Å². The summed E-state index contributed by atoms with van der Waals surface area (Å²) in [6.45, 7) is 1.66. The van der Waals surface area contributed by atoms with Gasteiger partial charge in [0.15, 0.2) is 0 Å². The predicted octanol–water partition coefficient (Wildman–Crippen LogP) is 2.95. The van der Waals surface area contributed by atoms with Crippen LogP contribution >= 0.6 is 15.9 Å². The molecule has 0 aliphatic rings. The molecule has 3 rings (SSSR count). The molecule has 0 saturated carbocycles. The Kier molecular flexibility index (Phi) is 5.17. The lowest BCUT2D eigenvalue weighted by Gasteiger charge is -2.11. The molecule has 1 heterocycles. The number of nitrogens with zero attached hydrogens (tertiary/aromatic N) is 2. The average Bonchev–Trinajstić information content (AvgIpc) is 2.62. The van der Waals surface area contributed by atoms with E-state index in [2.05, 4.69) is 36.5 Å². The van der Waals surface area contributed by atoms with Crippen molar-refractivity contribution >= 4 is 49.8 Å². The number of halogens is 1. The van der Waals surface area contributed by atoms with Crippen molar-refractivity contribution in [1.29, 1.82) is 0 Å². The fraction of sp³-hybridized carbons (Fsp3) is 0.118. The highest BCUT2D eigenvalue weighted by Crippen LogP contribution is 2.27. The minimum Gasteiger partial charge on any atom is -0.370 e. The van der Waals surface area contributed by atoms with Gasteiger partial charge < -0.3 is 15.6 Å². The van der Waals surface area contributed by atoms with Crippen LogP contribution in [0.15, 0.2) is 45.9 Å². The van der Waals surface area contributed by atoms with Crippen LogP contribution in [0, 0.1) is 17.0 Å². The van der Waals surface area contributed by atoms with E-state index in [9.17, 15) is 19.7 Å². The Hall–Kier alpha value is -3.27. The number of fused-ring (bicyclic) bond motifs is 1. The van der Waals surface area contributed by atoms with Gasteiger partial charge in [-0.3, -0.25) is 19.7 Å². The molecule has 10 heteroatoms. The lowest BCUT2D eigenvalue weighted by Crippen LogP contribution is -2.22. The Bertz CT molecular complexity index is 1110. The van der Waals surface area contributed by atoms with E-state index in [0.717, 1.165) is 16.1 Å². The summed E-state index contributed by atoms with van der Waals surface area (Å²) in [5, 5.41) is 16.9. The number of carbonyl (C=O) groups is 1. The lowest BCUT2D eigenvalue weighted by atomic mass is 10.2. The minimum absolute atomic E-state index is 0.102. The average molecular weight is 432 g/mol. The number of anilines is 2. The van der Waals surface area contributed by atoms with Gasteiger partial charge in [0.2, 0.25) is 5.91 Å². The first-order valence-corrected chi connectivity index (χ1v) is 8.60. The third-order valence-electron chi connectivity index (χ3n) is 3.86. The summed E-state index contributed by atoms with van der Waals surface area (Å²) in [6, 6.07) is 7.93. The van der Waals surface area contributed by atoms with E-state index in [1.54, 1.807) is 12.1 Å². The van der Waals surface area contributed by atoms with E-state index >= 15 is 0 Å². The number of H-pyrrole nitrogens is 1.